The summed E-state index contributed by atoms with van der Waals surface area (Å²) >= 11 is 1.41. The van der Waals surface area contributed by atoms with Crippen LogP contribution in [0, 0.1) is 0 Å². The molecule has 1 aliphatic heterocycles. The van der Waals surface area contributed by atoms with E-state index in [1.807, 2.05) is 6.92 Å². The molecule has 3 rings (SSSR count). The molecule has 0 unspecified atom stereocenters. The number of benzene rings is 1. The fourth-order valence-corrected chi connectivity index (χ4v) is 2.32. The van der Waals surface area contributed by atoms with Crippen LogP contribution in [0.4, 0.5) is 8.78 Å². The minimum absolute atomic E-state index is 0.0477. The van der Waals surface area contributed by atoms with Gasteiger partial charge in [-0.1, -0.05) is 24.8 Å². The first-order valence-electron chi connectivity index (χ1n) is 5.94. The van der Waals surface area contributed by atoms with Gasteiger partial charge in [-0.3, -0.25) is 0 Å². The van der Waals surface area contributed by atoms with Gasteiger partial charge in [-0.15, -0.1) is 19.0 Å². The summed E-state index contributed by atoms with van der Waals surface area (Å²) in [5.41, 5.74) is 0.288. The summed E-state index contributed by atoms with van der Waals surface area (Å²) in [5, 5.41) is 8.09. The fraction of sp³-hybridized carbons (Fsp3) is 0.333. The Hall–Kier alpha value is -1.83. The topological polar surface area (TPSA) is 57.4 Å². The standard InChI is InChI=1S/C12H10F2N2O3S/c1-2-6-20-11-16-15-10(17-11)7-4-3-5-8-9(7)19-12(13,14)18-8/h3-5H,2,6H2,1H3. The van der Waals surface area contributed by atoms with E-state index in [2.05, 4.69) is 19.7 Å². The average molecular weight is 300 g/mol. The number of rotatable bonds is 4. The van der Waals surface area contributed by atoms with Crippen molar-refractivity contribution in [3.8, 4) is 23.0 Å². The van der Waals surface area contributed by atoms with Crippen molar-refractivity contribution in [2.24, 2.45) is 0 Å². The Balaban J connectivity index is 1.92. The fourth-order valence-electron chi connectivity index (χ4n) is 1.70. The summed E-state index contributed by atoms with van der Waals surface area (Å²) in [6.45, 7) is 2.03. The second-order valence-corrected chi connectivity index (χ2v) is 5.07. The highest BCUT2D eigenvalue weighted by Crippen LogP contribution is 2.46. The lowest BCUT2D eigenvalue weighted by molar-refractivity contribution is -0.286. The molecular formula is C12H10F2N2O3S. The molecule has 1 aromatic heterocycles. The van der Waals surface area contributed by atoms with Gasteiger partial charge < -0.3 is 13.9 Å². The van der Waals surface area contributed by atoms with Crippen LogP contribution in [0.25, 0.3) is 11.5 Å². The van der Waals surface area contributed by atoms with Crippen molar-refractivity contribution >= 4 is 11.8 Å². The molecule has 5 nitrogen and oxygen atoms in total. The van der Waals surface area contributed by atoms with Crippen molar-refractivity contribution in [2.45, 2.75) is 24.9 Å². The number of halogens is 2. The molecule has 0 radical (unpaired) electrons. The number of aromatic nitrogens is 2. The second kappa shape index (κ2) is 4.93. The zero-order valence-corrected chi connectivity index (χ0v) is 11.2. The monoisotopic (exact) mass is 300 g/mol. The highest BCUT2D eigenvalue weighted by Gasteiger charge is 2.45. The van der Waals surface area contributed by atoms with Gasteiger partial charge in [0.1, 0.15) is 0 Å². The summed E-state index contributed by atoms with van der Waals surface area (Å²) in [6.07, 6.45) is -2.70. The first-order valence-corrected chi connectivity index (χ1v) is 6.93. The normalized spacial score (nSPS) is 15.6. The summed E-state index contributed by atoms with van der Waals surface area (Å²) < 4.78 is 40.5. The molecule has 20 heavy (non-hydrogen) atoms. The number of nitrogens with zero attached hydrogens (tertiary/aromatic N) is 2. The summed E-state index contributed by atoms with van der Waals surface area (Å²) in [4.78, 5) is 0. The van der Waals surface area contributed by atoms with E-state index in [0.717, 1.165) is 12.2 Å². The van der Waals surface area contributed by atoms with Gasteiger partial charge in [0.15, 0.2) is 11.5 Å². The van der Waals surface area contributed by atoms with Crippen molar-refractivity contribution in [3.05, 3.63) is 18.2 Å². The predicted octanol–water partition coefficient (Wildman–Crippen LogP) is 3.56. The van der Waals surface area contributed by atoms with E-state index in [1.165, 1.54) is 17.8 Å². The van der Waals surface area contributed by atoms with E-state index >= 15 is 0 Å². The molecule has 8 heteroatoms. The van der Waals surface area contributed by atoms with Crippen molar-refractivity contribution in [1.29, 1.82) is 0 Å². The lowest BCUT2D eigenvalue weighted by Gasteiger charge is -2.05. The van der Waals surface area contributed by atoms with Crippen LogP contribution in [0.3, 0.4) is 0 Å². The maximum absolute atomic E-state index is 13.1. The van der Waals surface area contributed by atoms with Crippen LogP contribution in [-0.4, -0.2) is 22.2 Å². The molecule has 0 spiro atoms. The van der Waals surface area contributed by atoms with Crippen LogP contribution >= 0.6 is 11.8 Å². The van der Waals surface area contributed by atoms with Crippen molar-refractivity contribution in [2.75, 3.05) is 5.75 Å². The molecule has 2 heterocycles. The van der Waals surface area contributed by atoms with Crippen LogP contribution < -0.4 is 9.47 Å². The van der Waals surface area contributed by atoms with Crippen molar-refractivity contribution in [3.63, 3.8) is 0 Å². The zero-order chi connectivity index (χ0) is 14.2. The molecule has 1 aliphatic rings. The molecular weight excluding hydrogens is 290 g/mol. The van der Waals surface area contributed by atoms with Gasteiger partial charge >= 0.3 is 6.29 Å². The van der Waals surface area contributed by atoms with E-state index < -0.39 is 6.29 Å². The summed E-state index contributed by atoms with van der Waals surface area (Å²) in [7, 11) is 0. The number of fused-ring (bicyclic) bond motifs is 1. The third kappa shape index (κ3) is 2.43. The number of ether oxygens (including phenoxy) is 2. The minimum Gasteiger partial charge on any atom is -0.411 e. The van der Waals surface area contributed by atoms with E-state index in [-0.39, 0.29) is 23.0 Å². The average Bonchev–Trinajstić information content (AvgIpc) is 2.97. The molecule has 0 saturated heterocycles. The maximum Gasteiger partial charge on any atom is 0.586 e. The number of hydrogen-bond donors (Lipinski definition) is 0. The van der Waals surface area contributed by atoms with E-state index in [0.29, 0.717) is 5.22 Å². The van der Waals surface area contributed by atoms with E-state index in [1.54, 1.807) is 12.1 Å². The van der Waals surface area contributed by atoms with Gasteiger partial charge in [-0.05, 0) is 18.6 Å². The predicted molar refractivity (Wildman–Crippen MR) is 67.0 cm³/mol. The molecule has 0 aliphatic carbocycles. The molecule has 0 amide bonds. The van der Waals surface area contributed by atoms with Gasteiger partial charge in [0.2, 0.25) is 0 Å². The lowest BCUT2D eigenvalue weighted by atomic mass is 10.2. The van der Waals surface area contributed by atoms with Crippen LogP contribution in [0.15, 0.2) is 27.8 Å². The highest BCUT2D eigenvalue weighted by molar-refractivity contribution is 7.99. The van der Waals surface area contributed by atoms with Gasteiger partial charge in [0, 0.05) is 5.75 Å². The smallest absolute Gasteiger partial charge is 0.411 e. The zero-order valence-electron chi connectivity index (χ0n) is 10.4. The number of alkyl halides is 2. The Morgan fingerprint density at radius 3 is 2.90 bits per heavy atom. The van der Waals surface area contributed by atoms with E-state index in [4.69, 9.17) is 4.42 Å². The Labute approximate surface area is 117 Å². The quantitative estimate of drug-likeness (QED) is 0.805. The Morgan fingerprint density at radius 1 is 1.25 bits per heavy atom. The largest absolute Gasteiger partial charge is 0.586 e. The van der Waals surface area contributed by atoms with Crippen molar-refractivity contribution < 1.29 is 22.7 Å². The van der Waals surface area contributed by atoms with Gasteiger partial charge in [0.25, 0.3) is 11.1 Å². The van der Waals surface area contributed by atoms with Crippen molar-refractivity contribution in [1.82, 2.24) is 10.2 Å². The van der Waals surface area contributed by atoms with Crippen LogP contribution in [0.2, 0.25) is 0 Å². The molecule has 2 aromatic rings. The maximum atomic E-state index is 13.1. The van der Waals surface area contributed by atoms with E-state index in [9.17, 15) is 8.78 Å². The Morgan fingerprint density at radius 2 is 2.10 bits per heavy atom. The SMILES string of the molecule is CCCSc1nnc(-c2cccc3c2OC(F)(F)O3)o1. The van der Waals surface area contributed by atoms with Gasteiger partial charge in [-0.2, -0.15) is 0 Å². The first-order chi connectivity index (χ1) is 9.59. The molecule has 0 bridgehead atoms. The Kier molecular flexibility index (Phi) is 3.25. The molecule has 0 N–H and O–H groups in total. The Bertz CT molecular complexity index is 633. The highest BCUT2D eigenvalue weighted by atomic mass is 32.2. The third-order valence-electron chi connectivity index (χ3n) is 2.50. The van der Waals surface area contributed by atoms with Crippen LogP contribution in [0.1, 0.15) is 13.3 Å². The summed E-state index contributed by atoms with van der Waals surface area (Å²) in [5.74, 6) is 0.829. The second-order valence-electron chi connectivity index (χ2n) is 4.02. The number of thioether (sulfide) groups is 1. The number of hydrogen-bond acceptors (Lipinski definition) is 6. The minimum atomic E-state index is -3.67. The number of para-hydroxylation sites is 1. The molecule has 106 valence electrons. The molecule has 1 aromatic carbocycles. The van der Waals surface area contributed by atoms with Gasteiger partial charge in [0.05, 0.1) is 5.56 Å². The lowest BCUT2D eigenvalue weighted by Crippen LogP contribution is -2.26. The summed E-state index contributed by atoms with van der Waals surface area (Å²) in [6, 6.07) is 4.51. The van der Waals surface area contributed by atoms with Gasteiger partial charge in [-0.25, -0.2) is 0 Å². The molecule has 0 saturated carbocycles. The van der Waals surface area contributed by atoms with Crippen LogP contribution in [-0.2, 0) is 0 Å². The molecule has 0 fully saturated rings. The first kappa shape index (κ1) is 13.2. The third-order valence-corrected chi connectivity index (χ3v) is 3.52. The molecule has 0 atom stereocenters. The van der Waals surface area contributed by atoms with Crippen LogP contribution in [0.5, 0.6) is 11.5 Å².